The van der Waals surface area contributed by atoms with Crippen molar-refractivity contribution in [2.45, 2.75) is 6.92 Å². The number of benzene rings is 2. The molecule has 1 amide bonds. The van der Waals surface area contributed by atoms with E-state index < -0.39 is 0 Å². The van der Waals surface area contributed by atoms with Gasteiger partial charge in [0.15, 0.2) is 6.54 Å². The number of anilines is 1. The molecule has 3 N–H and O–H groups in total. The third kappa shape index (κ3) is 5.97. The highest BCUT2D eigenvalue weighted by molar-refractivity contribution is 5.93. The van der Waals surface area contributed by atoms with Gasteiger partial charge in [-0.15, -0.1) is 0 Å². The Hall–Kier alpha value is -2.57. The van der Waals surface area contributed by atoms with Crippen LogP contribution in [0.3, 0.4) is 0 Å². The number of methoxy groups -OCH3 is 1. The Morgan fingerprint density at radius 2 is 1.75 bits per heavy atom. The summed E-state index contributed by atoms with van der Waals surface area (Å²) in [6.07, 6.45) is 0. The van der Waals surface area contributed by atoms with Crippen molar-refractivity contribution in [3.8, 4) is 11.5 Å². The first-order valence-electron chi connectivity index (χ1n) is 9.93. The summed E-state index contributed by atoms with van der Waals surface area (Å²) in [5, 5.41) is 3.00. The second kappa shape index (κ2) is 10.1. The van der Waals surface area contributed by atoms with Gasteiger partial charge in [0.2, 0.25) is 0 Å². The molecular weight excluding hydrogens is 354 g/mol. The minimum atomic E-state index is 0.0368. The lowest BCUT2D eigenvalue weighted by Gasteiger charge is -2.29. The summed E-state index contributed by atoms with van der Waals surface area (Å²) in [4.78, 5) is 15.3. The van der Waals surface area contributed by atoms with E-state index in [0.29, 0.717) is 12.3 Å². The summed E-state index contributed by atoms with van der Waals surface area (Å²) >= 11 is 0. The average molecular weight is 386 g/mol. The van der Waals surface area contributed by atoms with Crippen LogP contribution in [0.1, 0.15) is 5.56 Å². The molecule has 0 aliphatic carbocycles. The minimum absolute atomic E-state index is 0.0368. The summed E-state index contributed by atoms with van der Waals surface area (Å²) < 4.78 is 11.1. The smallest absolute Gasteiger partial charge is 0.279 e. The molecule has 150 valence electrons. The Morgan fingerprint density at radius 3 is 2.46 bits per heavy atom. The maximum atomic E-state index is 12.5. The van der Waals surface area contributed by atoms with Crippen molar-refractivity contribution in [3.63, 3.8) is 0 Å². The van der Waals surface area contributed by atoms with Crippen LogP contribution in [0.25, 0.3) is 0 Å². The Balaban J connectivity index is 1.38. The van der Waals surface area contributed by atoms with Crippen LogP contribution in [0.15, 0.2) is 48.5 Å². The van der Waals surface area contributed by atoms with E-state index in [-0.39, 0.29) is 5.91 Å². The molecular formula is C22H31N3O3+2. The van der Waals surface area contributed by atoms with E-state index in [1.54, 1.807) is 12.0 Å². The second-order valence-electron chi connectivity index (χ2n) is 7.34. The number of hydrogen-bond acceptors (Lipinski definition) is 3. The van der Waals surface area contributed by atoms with Gasteiger partial charge in [0.25, 0.3) is 5.91 Å². The molecule has 2 aromatic rings. The van der Waals surface area contributed by atoms with Crippen LogP contribution in [0.2, 0.25) is 0 Å². The molecule has 6 nitrogen and oxygen atoms in total. The summed E-state index contributed by atoms with van der Waals surface area (Å²) in [5.41, 5.74) is 1.84. The number of piperazine rings is 1. The molecule has 0 spiro atoms. The number of carbonyl (C=O) groups is 1. The highest BCUT2D eigenvalue weighted by Crippen LogP contribution is 2.24. The molecule has 28 heavy (non-hydrogen) atoms. The number of amides is 1. The van der Waals surface area contributed by atoms with Crippen LogP contribution in [0.4, 0.5) is 5.69 Å². The predicted molar refractivity (Wildman–Crippen MR) is 109 cm³/mol. The maximum Gasteiger partial charge on any atom is 0.279 e. The first-order chi connectivity index (χ1) is 13.6. The van der Waals surface area contributed by atoms with Gasteiger partial charge in [-0.3, -0.25) is 4.79 Å². The third-order valence-electron chi connectivity index (χ3n) is 5.17. The lowest BCUT2D eigenvalue weighted by atomic mass is 10.2. The second-order valence-corrected chi connectivity index (χ2v) is 7.34. The number of hydrogen-bond donors (Lipinski definition) is 3. The maximum absolute atomic E-state index is 12.5. The number of ether oxygens (including phenoxy) is 2. The Labute approximate surface area is 167 Å². The van der Waals surface area contributed by atoms with Gasteiger partial charge in [0.1, 0.15) is 50.8 Å². The van der Waals surface area contributed by atoms with Crippen LogP contribution in [-0.4, -0.2) is 58.9 Å². The predicted octanol–water partition coefficient (Wildman–Crippen LogP) is -0.195. The highest BCUT2D eigenvalue weighted by atomic mass is 16.5. The number of quaternary nitrogens is 2. The van der Waals surface area contributed by atoms with E-state index in [4.69, 9.17) is 9.47 Å². The standard InChI is InChI=1S/C22H29N3O3/c1-18-8-9-21(27-2)20(16-18)23-22(26)17-25-12-10-24(11-13-25)14-15-28-19-6-4-3-5-7-19/h3-9,16H,10-15,17H2,1-2H3,(H,23,26)/p+2. The molecule has 1 saturated heterocycles. The van der Waals surface area contributed by atoms with Crippen molar-refractivity contribution in [2.75, 3.05) is 58.3 Å². The molecule has 1 aliphatic heterocycles. The molecule has 0 aromatic heterocycles. The first-order valence-corrected chi connectivity index (χ1v) is 9.93. The lowest BCUT2D eigenvalue weighted by molar-refractivity contribution is -1.01. The quantitative estimate of drug-likeness (QED) is 0.590. The summed E-state index contributed by atoms with van der Waals surface area (Å²) in [6, 6.07) is 15.7. The van der Waals surface area contributed by atoms with Crippen molar-refractivity contribution in [1.29, 1.82) is 0 Å². The highest BCUT2D eigenvalue weighted by Gasteiger charge is 2.25. The largest absolute Gasteiger partial charge is 0.495 e. The Bertz CT molecular complexity index is 759. The van der Waals surface area contributed by atoms with Crippen molar-refractivity contribution < 1.29 is 24.1 Å². The zero-order valence-electron chi connectivity index (χ0n) is 16.8. The molecule has 1 aliphatic rings. The van der Waals surface area contributed by atoms with E-state index in [0.717, 1.165) is 56.3 Å². The Kier molecular flexibility index (Phi) is 7.28. The van der Waals surface area contributed by atoms with Crippen molar-refractivity contribution in [3.05, 3.63) is 54.1 Å². The molecule has 2 aromatic carbocycles. The molecule has 0 saturated carbocycles. The van der Waals surface area contributed by atoms with Gasteiger partial charge in [0.05, 0.1) is 12.8 Å². The van der Waals surface area contributed by atoms with Crippen LogP contribution < -0.4 is 24.6 Å². The van der Waals surface area contributed by atoms with E-state index in [2.05, 4.69) is 5.32 Å². The minimum Gasteiger partial charge on any atom is -0.495 e. The molecule has 0 bridgehead atoms. The first kappa shape index (κ1) is 20.2. The van der Waals surface area contributed by atoms with Crippen molar-refractivity contribution in [1.82, 2.24) is 0 Å². The fraction of sp³-hybridized carbons (Fsp3) is 0.409. The van der Waals surface area contributed by atoms with Gasteiger partial charge >= 0.3 is 0 Å². The van der Waals surface area contributed by atoms with Crippen LogP contribution in [-0.2, 0) is 4.79 Å². The number of rotatable bonds is 8. The van der Waals surface area contributed by atoms with Gasteiger partial charge < -0.3 is 24.6 Å². The normalized spacial score (nSPS) is 19.1. The molecule has 0 radical (unpaired) electrons. The number of aryl methyl sites for hydroxylation is 1. The van der Waals surface area contributed by atoms with Crippen LogP contribution in [0.5, 0.6) is 11.5 Å². The molecule has 3 rings (SSSR count). The van der Waals surface area contributed by atoms with Crippen LogP contribution in [0, 0.1) is 6.92 Å². The monoisotopic (exact) mass is 385 g/mol. The van der Waals surface area contributed by atoms with E-state index >= 15 is 0 Å². The average Bonchev–Trinajstić information content (AvgIpc) is 2.70. The van der Waals surface area contributed by atoms with E-state index in [1.807, 2.05) is 55.5 Å². The summed E-state index contributed by atoms with van der Waals surface area (Å²) in [5.74, 6) is 1.66. The zero-order chi connectivity index (χ0) is 19.8. The summed E-state index contributed by atoms with van der Waals surface area (Å²) in [7, 11) is 1.62. The molecule has 1 fully saturated rings. The SMILES string of the molecule is COc1ccc(C)cc1NC(=O)C[NH+]1CC[NH+](CCOc2ccccc2)CC1. The van der Waals surface area contributed by atoms with Crippen LogP contribution >= 0.6 is 0 Å². The van der Waals surface area contributed by atoms with E-state index in [9.17, 15) is 4.79 Å². The number of carbonyl (C=O) groups excluding carboxylic acids is 1. The molecule has 0 atom stereocenters. The Morgan fingerprint density at radius 1 is 1.04 bits per heavy atom. The number of para-hydroxylation sites is 1. The molecule has 0 unspecified atom stereocenters. The molecule has 1 heterocycles. The van der Waals surface area contributed by atoms with Gasteiger partial charge in [-0.2, -0.15) is 0 Å². The van der Waals surface area contributed by atoms with Crippen molar-refractivity contribution >= 4 is 11.6 Å². The third-order valence-corrected chi connectivity index (χ3v) is 5.17. The van der Waals surface area contributed by atoms with Crippen molar-refractivity contribution in [2.24, 2.45) is 0 Å². The summed E-state index contributed by atoms with van der Waals surface area (Å²) in [6.45, 7) is 8.34. The fourth-order valence-electron chi connectivity index (χ4n) is 3.55. The van der Waals surface area contributed by atoms with Gasteiger partial charge in [-0.1, -0.05) is 24.3 Å². The van der Waals surface area contributed by atoms with Gasteiger partial charge in [0, 0.05) is 0 Å². The topological polar surface area (TPSA) is 56.4 Å². The van der Waals surface area contributed by atoms with E-state index in [1.165, 1.54) is 4.90 Å². The zero-order valence-corrected chi connectivity index (χ0v) is 16.8. The van der Waals surface area contributed by atoms with Gasteiger partial charge in [-0.05, 0) is 36.8 Å². The van der Waals surface area contributed by atoms with Gasteiger partial charge in [-0.25, -0.2) is 0 Å². The fourth-order valence-corrected chi connectivity index (χ4v) is 3.55. The number of nitrogens with one attached hydrogen (secondary N) is 3. The lowest BCUT2D eigenvalue weighted by Crippen LogP contribution is -3.28. The molecule has 6 heteroatoms.